The van der Waals surface area contributed by atoms with E-state index in [4.69, 9.17) is 13.9 Å². The minimum atomic E-state index is -0.247. The number of halogens is 1. The minimum Gasteiger partial charge on any atom is -0.493 e. The van der Waals surface area contributed by atoms with E-state index in [-0.39, 0.29) is 29.9 Å². The van der Waals surface area contributed by atoms with Gasteiger partial charge in [0.25, 0.3) is 5.91 Å². The van der Waals surface area contributed by atoms with E-state index in [9.17, 15) is 4.79 Å². The Morgan fingerprint density at radius 2 is 1.96 bits per heavy atom. The van der Waals surface area contributed by atoms with E-state index >= 15 is 0 Å². The molecule has 28 heavy (non-hydrogen) atoms. The average molecular weight is 502 g/mol. The van der Waals surface area contributed by atoms with E-state index in [1.54, 1.807) is 26.3 Å². The van der Waals surface area contributed by atoms with E-state index < -0.39 is 0 Å². The number of aliphatic imine (C=N–C) groups is 1. The van der Waals surface area contributed by atoms with Gasteiger partial charge >= 0.3 is 0 Å². The zero-order chi connectivity index (χ0) is 19.3. The molecule has 0 bridgehead atoms. The Labute approximate surface area is 182 Å². The molecule has 154 valence electrons. The van der Waals surface area contributed by atoms with Crippen LogP contribution in [0.2, 0.25) is 0 Å². The van der Waals surface area contributed by atoms with Crippen LogP contribution in [0.25, 0.3) is 0 Å². The Morgan fingerprint density at radius 3 is 2.68 bits per heavy atom. The van der Waals surface area contributed by atoms with Gasteiger partial charge in [0.2, 0.25) is 0 Å². The molecule has 0 atom stereocenters. The molecule has 0 fully saturated rings. The second-order valence-electron chi connectivity index (χ2n) is 5.58. The summed E-state index contributed by atoms with van der Waals surface area (Å²) >= 11 is 0. The summed E-state index contributed by atoms with van der Waals surface area (Å²) in [6.07, 6.45) is 2.30. The average Bonchev–Trinajstić information content (AvgIpc) is 3.23. The Balaban J connectivity index is 0.00000392. The van der Waals surface area contributed by atoms with E-state index in [0.29, 0.717) is 38.0 Å². The number of carbonyl (C=O) groups is 1. The molecule has 0 aliphatic rings. The molecule has 0 saturated carbocycles. The van der Waals surface area contributed by atoms with Gasteiger partial charge in [-0.05, 0) is 24.3 Å². The normalized spacial score (nSPS) is 10.7. The molecule has 1 aromatic carbocycles. The SMILES string of the molecule is CN=C(NCCNC(=O)c1ccco1)Nc1cccc(OCCCOC)c1.I. The maximum absolute atomic E-state index is 11.8. The highest BCUT2D eigenvalue weighted by atomic mass is 127. The van der Waals surface area contributed by atoms with Crippen molar-refractivity contribution in [2.45, 2.75) is 6.42 Å². The fourth-order valence-corrected chi connectivity index (χ4v) is 2.22. The molecule has 8 nitrogen and oxygen atoms in total. The van der Waals surface area contributed by atoms with Crippen molar-refractivity contribution in [2.24, 2.45) is 4.99 Å². The van der Waals surface area contributed by atoms with Crippen molar-refractivity contribution in [2.75, 3.05) is 45.8 Å². The third-order valence-corrected chi connectivity index (χ3v) is 3.53. The van der Waals surface area contributed by atoms with Gasteiger partial charge in [0.05, 0.1) is 12.9 Å². The van der Waals surface area contributed by atoms with Crippen LogP contribution in [0, 0.1) is 0 Å². The maximum Gasteiger partial charge on any atom is 0.287 e. The van der Waals surface area contributed by atoms with Crippen molar-refractivity contribution in [3.05, 3.63) is 48.4 Å². The molecule has 0 aliphatic heterocycles. The van der Waals surface area contributed by atoms with Gasteiger partial charge in [-0.3, -0.25) is 9.79 Å². The van der Waals surface area contributed by atoms with Crippen molar-refractivity contribution >= 4 is 41.5 Å². The molecule has 0 unspecified atom stereocenters. The number of carbonyl (C=O) groups excluding carboxylic acids is 1. The molecular formula is C19H27IN4O4. The Kier molecular flexibility index (Phi) is 11.7. The van der Waals surface area contributed by atoms with Gasteiger partial charge in [-0.15, -0.1) is 24.0 Å². The summed E-state index contributed by atoms with van der Waals surface area (Å²) < 4.78 is 15.7. The second kappa shape index (κ2) is 13.8. The van der Waals surface area contributed by atoms with Gasteiger partial charge in [-0.2, -0.15) is 0 Å². The van der Waals surface area contributed by atoms with Gasteiger partial charge in [-0.1, -0.05) is 6.07 Å². The predicted molar refractivity (Wildman–Crippen MR) is 120 cm³/mol. The first-order valence-electron chi connectivity index (χ1n) is 8.74. The van der Waals surface area contributed by atoms with E-state index in [1.165, 1.54) is 6.26 Å². The Hall–Kier alpha value is -2.27. The molecule has 1 aromatic heterocycles. The first kappa shape index (κ1) is 23.8. The molecule has 9 heteroatoms. The molecule has 0 spiro atoms. The fraction of sp³-hybridized carbons (Fsp3) is 0.368. The number of benzene rings is 1. The molecule has 2 rings (SSSR count). The van der Waals surface area contributed by atoms with Crippen LogP contribution >= 0.6 is 24.0 Å². The van der Waals surface area contributed by atoms with Gasteiger partial charge in [0.15, 0.2) is 11.7 Å². The smallest absolute Gasteiger partial charge is 0.287 e. The van der Waals surface area contributed by atoms with E-state index in [2.05, 4.69) is 20.9 Å². The molecule has 1 amide bonds. The first-order valence-corrected chi connectivity index (χ1v) is 8.74. The maximum atomic E-state index is 11.8. The van der Waals surface area contributed by atoms with Crippen LogP contribution in [0.4, 0.5) is 5.69 Å². The summed E-state index contributed by atoms with van der Waals surface area (Å²) in [4.78, 5) is 15.9. The molecule has 1 heterocycles. The van der Waals surface area contributed by atoms with Crippen LogP contribution in [0.5, 0.6) is 5.75 Å². The third-order valence-electron chi connectivity index (χ3n) is 3.53. The number of amides is 1. The summed E-state index contributed by atoms with van der Waals surface area (Å²) in [6, 6.07) is 10.9. The van der Waals surface area contributed by atoms with Crippen LogP contribution < -0.4 is 20.7 Å². The lowest BCUT2D eigenvalue weighted by atomic mass is 10.3. The second-order valence-corrected chi connectivity index (χ2v) is 5.58. The highest BCUT2D eigenvalue weighted by molar-refractivity contribution is 14.0. The quantitative estimate of drug-likeness (QED) is 0.200. The molecular weight excluding hydrogens is 475 g/mol. The number of methoxy groups -OCH3 is 1. The number of hydrogen-bond acceptors (Lipinski definition) is 5. The molecule has 0 aliphatic carbocycles. The number of guanidine groups is 1. The number of anilines is 1. The molecule has 0 radical (unpaired) electrons. The topological polar surface area (TPSA) is 97.1 Å². The summed E-state index contributed by atoms with van der Waals surface area (Å²) in [5.41, 5.74) is 0.854. The molecule has 3 N–H and O–H groups in total. The fourth-order valence-electron chi connectivity index (χ4n) is 2.22. The largest absolute Gasteiger partial charge is 0.493 e. The van der Waals surface area contributed by atoms with Crippen LogP contribution in [0.3, 0.4) is 0 Å². The van der Waals surface area contributed by atoms with Crippen molar-refractivity contribution in [3.8, 4) is 5.75 Å². The lowest BCUT2D eigenvalue weighted by Crippen LogP contribution is -2.37. The van der Waals surface area contributed by atoms with Gasteiger partial charge in [-0.25, -0.2) is 0 Å². The summed E-state index contributed by atoms with van der Waals surface area (Å²) in [5.74, 6) is 1.42. The number of hydrogen-bond donors (Lipinski definition) is 3. The predicted octanol–water partition coefficient (Wildman–Crippen LogP) is 2.73. The number of nitrogens with one attached hydrogen (secondary N) is 3. The highest BCUT2D eigenvalue weighted by Crippen LogP contribution is 2.17. The zero-order valence-corrected chi connectivity index (χ0v) is 18.4. The minimum absolute atomic E-state index is 0. The van der Waals surface area contributed by atoms with Crippen LogP contribution in [0.15, 0.2) is 52.1 Å². The third kappa shape index (κ3) is 8.61. The lowest BCUT2D eigenvalue weighted by molar-refractivity contribution is 0.0926. The summed E-state index contributed by atoms with van der Waals surface area (Å²) in [7, 11) is 3.35. The molecule has 0 saturated heterocycles. The van der Waals surface area contributed by atoms with E-state index in [0.717, 1.165) is 17.9 Å². The zero-order valence-electron chi connectivity index (χ0n) is 16.1. The molecule has 2 aromatic rings. The monoisotopic (exact) mass is 502 g/mol. The van der Waals surface area contributed by atoms with Crippen LogP contribution in [-0.2, 0) is 4.74 Å². The Morgan fingerprint density at radius 1 is 1.14 bits per heavy atom. The first-order chi connectivity index (χ1) is 13.2. The van der Waals surface area contributed by atoms with Crippen molar-refractivity contribution in [1.82, 2.24) is 10.6 Å². The number of nitrogens with zero attached hydrogens (tertiary/aromatic N) is 1. The lowest BCUT2D eigenvalue weighted by Gasteiger charge is -2.13. The number of furan rings is 1. The number of rotatable bonds is 10. The standard InChI is InChI=1S/C19H26N4O4.HI/c1-20-19(22-10-9-21-18(24)17-8-4-12-27-17)23-15-6-3-7-16(14-15)26-13-5-11-25-2;/h3-4,6-8,12,14H,5,9-11,13H2,1-2H3,(H,21,24)(H2,20,22,23);1H. The van der Waals surface area contributed by atoms with E-state index in [1.807, 2.05) is 24.3 Å². The van der Waals surface area contributed by atoms with Gasteiger partial charge in [0, 0.05) is 52.0 Å². The van der Waals surface area contributed by atoms with Crippen LogP contribution in [-0.4, -0.2) is 52.3 Å². The summed E-state index contributed by atoms with van der Waals surface area (Å²) in [5, 5.41) is 9.09. The summed E-state index contributed by atoms with van der Waals surface area (Å²) in [6.45, 7) is 2.22. The highest BCUT2D eigenvalue weighted by Gasteiger charge is 2.07. The Bertz CT molecular complexity index is 722. The van der Waals surface area contributed by atoms with Crippen LogP contribution in [0.1, 0.15) is 17.0 Å². The van der Waals surface area contributed by atoms with Crippen molar-refractivity contribution in [1.29, 1.82) is 0 Å². The number of ether oxygens (including phenoxy) is 2. The van der Waals surface area contributed by atoms with Crippen molar-refractivity contribution < 1.29 is 18.7 Å². The van der Waals surface area contributed by atoms with Gasteiger partial charge in [0.1, 0.15) is 5.75 Å². The van der Waals surface area contributed by atoms with Gasteiger partial charge < -0.3 is 29.8 Å². The van der Waals surface area contributed by atoms with Crippen molar-refractivity contribution in [3.63, 3.8) is 0 Å².